The van der Waals surface area contributed by atoms with Gasteiger partial charge in [0.2, 0.25) is 5.78 Å². The lowest BCUT2D eigenvalue weighted by atomic mass is 9.90. The number of ketones is 1. The molecule has 0 aliphatic carbocycles. The van der Waals surface area contributed by atoms with Crippen molar-refractivity contribution in [1.82, 2.24) is 0 Å². The van der Waals surface area contributed by atoms with Gasteiger partial charge in [0.25, 0.3) is 0 Å². The van der Waals surface area contributed by atoms with Gasteiger partial charge in [-0.2, -0.15) is 0 Å². The molecule has 0 fully saturated rings. The number of hydrogen-bond donors (Lipinski definition) is 0. The van der Waals surface area contributed by atoms with Gasteiger partial charge in [-0.25, -0.2) is 0 Å². The predicted octanol–water partition coefficient (Wildman–Crippen LogP) is 5.52. The van der Waals surface area contributed by atoms with Crippen molar-refractivity contribution < 1.29 is 18.9 Å². The SMILES string of the molecule is Cc1cc(C)c(C(=O)C(OC(=O)C(C)CC(C)C)C(C)C)c(C)c1.O=P. The second kappa shape index (κ2) is 11.2. The van der Waals surface area contributed by atoms with E-state index in [4.69, 9.17) is 9.30 Å². The van der Waals surface area contributed by atoms with Crippen molar-refractivity contribution in [1.29, 1.82) is 0 Å². The van der Waals surface area contributed by atoms with Crippen molar-refractivity contribution in [3.05, 3.63) is 34.4 Å². The van der Waals surface area contributed by atoms with Crippen LogP contribution in [0.4, 0.5) is 0 Å². The molecule has 0 amide bonds. The third-order valence-electron chi connectivity index (χ3n) is 4.26. The number of rotatable bonds is 7. The van der Waals surface area contributed by atoms with Crippen molar-refractivity contribution in [2.45, 2.75) is 67.9 Å². The molecule has 0 aliphatic rings. The molecule has 0 saturated carbocycles. The summed E-state index contributed by atoms with van der Waals surface area (Å²) in [4.78, 5) is 25.4. The van der Waals surface area contributed by atoms with E-state index in [-0.39, 0.29) is 23.6 Å². The first-order valence-corrected chi connectivity index (χ1v) is 9.48. The number of esters is 1. The van der Waals surface area contributed by atoms with Gasteiger partial charge in [0.1, 0.15) is 9.12 Å². The Labute approximate surface area is 160 Å². The molecule has 0 saturated heterocycles. The van der Waals surface area contributed by atoms with Gasteiger partial charge in [-0.15, -0.1) is 0 Å². The molecule has 1 aromatic carbocycles. The highest BCUT2D eigenvalue weighted by molar-refractivity contribution is 7.00. The Morgan fingerprint density at radius 1 is 0.962 bits per heavy atom. The van der Waals surface area contributed by atoms with Gasteiger partial charge in [-0.05, 0) is 50.2 Å². The van der Waals surface area contributed by atoms with Crippen molar-refractivity contribution >= 4 is 20.9 Å². The highest BCUT2D eigenvalue weighted by Crippen LogP contribution is 2.23. The van der Waals surface area contributed by atoms with Crippen LogP contribution in [-0.2, 0) is 14.1 Å². The van der Waals surface area contributed by atoms with Crippen LogP contribution in [0.5, 0.6) is 0 Å². The van der Waals surface area contributed by atoms with Crippen molar-refractivity contribution in [3.63, 3.8) is 0 Å². The van der Waals surface area contributed by atoms with E-state index in [1.165, 1.54) is 0 Å². The molecule has 2 unspecified atom stereocenters. The Morgan fingerprint density at radius 3 is 1.81 bits per heavy atom. The molecule has 0 radical (unpaired) electrons. The minimum atomic E-state index is -0.729. The molecular weight excluding hydrogens is 347 g/mol. The van der Waals surface area contributed by atoms with Crippen LogP contribution in [0.15, 0.2) is 12.1 Å². The zero-order valence-electron chi connectivity index (χ0n) is 17.3. The van der Waals surface area contributed by atoms with Crippen molar-refractivity contribution in [3.8, 4) is 0 Å². The fourth-order valence-corrected chi connectivity index (χ4v) is 3.25. The number of Topliss-reactive ketones (excluding diaryl/α,β-unsaturated/α-hetero) is 1. The summed E-state index contributed by atoms with van der Waals surface area (Å²) >= 11 is 0. The summed E-state index contributed by atoms with van der Waals surface area (Å²) in [5, 5.41) is 0. The van der Waals surface area contributed by atoms with Gasteiger partial charge in [-0.3, -0.25) is 14.2 Å². The maximum atomic E-state index is 13.0. The molecule has 0 heterocycles. The number of carbonyl (C=O) groups is 2. The first-order valence-electron chi connectivity index (χ1n) is 9.07. The third-order valence-corrected chi connectivity index (χ3v) is 4.26. The molecule has 0 aromatic heterocycles. The smallest absolute Gasteiger partial charge is 0.309 e. The van der Waals surface area contributed by atoms with Gasteiger partial charge in [0, 0.05) is 5.56 Å². The minimum Gasteiger partial charge on any atom is -0.453 e. The van der Waals surface area contributed by atoms with Crippen molar-refractivity contribution in [2.24, 2.45) is 17.8 Å². The molecule has 146 valence electrons. The van der Waals surface area contributed by atoms with E-state index in [1.807, 2.05) is 53.7 Å². The van der Waals surface area contributed by atoms with Crippen LogP contribution in [0.2, 0.25) is 0 Å². The van der Waals surface area contributed by atoms with Crippen LogP contribution in [0.25, 0.3) is 0 Å². The van der Waals surface area contributed by atoms with Crippen molar-refractivity contribution in [2.75, 3.05) is 0 Å². The van der Waals surface area contributed by atoms with Crippen LogP contribution in [-0.4, -0.2) is 17.9 Å². The first kappa shape index (κ1) is 24.5. The summed E-state index contributed by atoms with van der Waals surface area (Å²) in [7, 11) is 1.72. The summed E-state index contributed by atoms with van der Waals surface area (Å²) < 4.78 is 13.7. The number of hydrogen-bond acceptors (Lipinski definition) is 4. The highest BCUT2D eigenvalue weighted by atomic mass is 31.0. The number of carbonyl (C=O) groups excluding carboxylic acids is 2. The van der Waals surface area contributed by atoms with Crippen LogP contribution in [0.3, 0.4) is 0 Å². The van der Waals surface area contributed by atoms with E-state index in [0.717, 1.165) is 23.1 Å². The van der Waals surface area contributed by atoms with E-state index in [1.54, 1.807) is 9.12 Å². The average molecular weight is 380 g/mol. The average Bonchev–Trinajstić information content (AvgIpc) is 2.52. The first-order chi connectivity index (χ1) is 12.0. The zero-order chi connectivity index (χ0) is 20.6. The van der Waals surface area contributed by atoms with E-state index in [2.05, 4.69) is 13.8 Å². The lowest BCUT2D eigenvalue weighted by Crippen LogP contribution is -2.35. The highest BCUT2D eigenvalue weighted by Gasteiger charge is 2.31. The molecule has 0 spiro atoms. The monoisotopic (exact) mass is 380 g/mol. The normalized spacial score (nSPS) is 13.0. The summed E-state index contributed by atoms with van der Waals surface area (Å²) in [5.41, 5.74) is 3.69. The molecular formula is C21H33O4P. The second-order valence-electron chi connectivity index (χ2n) is 7.77. The maximum Gasteiger partial charge on any atom is 0.309 e. The Kier molecular flexibility index (Phi) is 10.6. The Balaban J connectivity index is 0.00000301. The third kappa shape index (κ3) is 6.99. The number of aryl methyl sites for hydroxylation is 3. The fourth-order valence-electron chi connectivity index (χ4n) is 3.25. The number of benzene rings is 1. The van der Waals surface area contributed by atoms with Gasteiger partial charge < -0.3 is 4.74 Å². The topological polar surface area (TPSA) is 60.4 Å². The molecule has 0 bridgehead atoms. The molecule has 5 heteroatoms. The summed E-state index contributed by atoms with van der Waals surface area (Å²) in [6, 6.07) is 4.00. The maximum absolute atomic E-state index is 13.0. The molecule has 0 N–H and O–H groups in total. The summed E-state index contributed by atoms with van der Waals surface area (Å²) in [6.07, 6.45) is 0.0349. The fraction of sp³-hybridized carbons (Fsp3) is 0.619. The quantitative estimate of drug-likeness (QED) is 0.355. The van der Waals surface area contributed by atoms with Gasteiger partial charge >= 0.3 is 5.97 Å². The molecule has 2 atom stereocenters. The van der Waals surface area contributed by atoms with Gasteiger partial charge in [-0.1, -0.05) is 52.3 Å². The standard InChI is InChI=1S/C21H32O3.HOP/c1-12(2)9-17(8)21(23)24-20(13(3)4)19(22)18-15(6)10-14(5)11-16(18)7;1-2/h10-13,17,20H,9H2,1-8H3;2H. The summed E-state index contributed by atoms with van der Waals surface area (Å²) in [6.45, 7) is 15.8. The molecule has 0 aliphatic heterocycles. The Morgan fingerprint density at radius 2 is 1.42 bits per heavy atom. The van der Waals surface area contributed by atoms with Crippen LogP contribution < -0.4 is 0 Å². The minimum absolute atomic E-state index is 0.0622. The van der Waals surface area contributed by atoms with Crippen LogP contribution >= 0.6 is 9.12 Å². The lowest BCUT2D eigenvalue weighted by molar-refractivity contribution is -0.153. The lowest BCUT2D eigenvalue weighted by Gasteiger charge is -2.24. The van der Waals surface area contributed by atoms with Gasteiger partial charge in [0.05, 0.1) is 5.92 Å². The largest absolute Gasteiger partial charge is 0.453 e. The van der Waals surface area contributed by atoms with E-state index < -0.39 is 6.10 Å². The molecule has 4 nitrogen and oxygen atoms in total. The predicted molar refractivity (Wildman–Crippen MR) is 107 cm³/mol. The van der Waals surface area contributed by atoms with E-state index >= 15 is 0 Å². The van der Waals surface area contributed by atoms with Gasteiger partial charge in [0.15, 0.2) is 6.10 Å². The molecule has 1 aromatic rings. The van der Waals surface area contributed by atoms with E-state index in [0.29, 0.717) is 11.5 Å². The van der Waals surface area contributed by atoms with Crippen LogP contribution in [0, 0.1) is 38.5 Å². The Hall–Kier alpha value is -1.54. The number of ether oxygens (including phenoxy) is 1. The molecule has 1 rings (SSSR count). The van der Waals surface area contributed by atoms with E-state index in [9.17, 15) is 9.59 Å². The zero-order valence-corrected chi connectivity index (χ0v) is 18.3. The Bertz CT molecular complexity index is 599. The summed E-state index contributed by atoms with van der Waals surface area (Å²) in [5.74, 6) is -0.210. The molecule has 26 heavy (non-hydrogen) atoms. The van der Waals surface area contributed by atoms with Crippen LogP contribution in [0.1, 0.15) is 68.1 Å². The second-order valence-corrected chi connectivity index (χ2v) is 7.77.